The Balaban J connectivity index is 2.12. The average molecular weight is 351 g/mol. The van der Waals surface area contributed by atoms with E-state index in [1.165, 1.54) is 0 Å². The number of nitrogens with zero attached hydrogens (tertiary/aromatic N) is 4. The third-order valence-corrected chi connectivity index (χ3v) is 3.25. The molecule has 0 bridgehead atoms. The van der Waals surface area contributed by atoms with Crippen molar-refractivity contribution in [2.75, 3.05) is 36.2 Å². The molecule has 0 radical (unpaired) electrons. The van der Waals surface area contributed by atoms with Gasteiger partial charge < -0.3 is 15.5 Å². The summed E-state index contributed by atoms with van der Waals surface area (Å²) in [6, 6.07) is 8.13. The van der Waals surface area contributed by atoms with Gasteiger partial charge in [0.1, 0.15) is 0 Å². The van der Waals surface area contributed by atoms with E-state index in [4.69, 9.17) is 0 Å². The fraction of sp³-hybridized carbons (Fsp3) is 0.357. The second kappa shape index (κ2) is 7.21. The fourth-order valence-corrected chi connectivity index (χ4v) is 1.93. The highest BCUT2D eigenvalue weighted by Crippen LogP contribution is 2.14. The molecule has 0 aliphatic carbocycles. The maximum absolute atomic E-state index is 4.39. The van der Waals surface area contributed by atoms with Crippen LogP contribution < -0.4 is 15.5 Å². The lowest BCUT2D eigenvalue weighted by atomic mass is 10.2. The molecule has 0 aliphatic rings. The molecule has 0 aliphatic heterocycles. The zero-order valence-electron chi connectivity index (χ0n) is 12.4. The molecule has 2 N–H and O–H groups in total. The van der Waals surface area contributed by atoms with Gasteiger partial charge >= 0.3 is 0 Å². The minimum Gasteiger partial charge on any atom is -0.354 e. The van der Waals surface area contributed by atoms with Crippen LogP contribution in [0, 0.1) is 0 Å². The van der Waals surface area contributed by atoms with E-state index < -0.39 is 0 Å². The van der Waals surface area contributed by atoms with Crippen LogP contribution >= 0.6 is 15.9 Å². The lowest BCUT2D eigenvalue weighted by molar-refractivity contribution is 0.936. The van der Waals surface area contributed by atoms with Crippen LogP contribution in [0.4, 0.5) is 17.8 Å². The molecule has 0 atom stereocenters. The van der Waals surface area contributed by atoms with Crippen molar-refractivity contribution >= 4 is 33.8 Å². The molecule has 0 unspecified atom stereocenters. The van der Waals surface area contributed by atoms with Crippen molar-refractivity contribution in [2.24, 2.45) is 0 Å². The number of anilines is 3. The van der Waals surface area contributed by atoms with Gasteiger partial charge in [-0.15, -0.1) is 0 Å². The first-order valence-corrected chi connectivity index (χ1v) is 7.53. The Morgan fingerprint density at radius 3 is 2.19 bits per heavy atom. The van der Waals surface area contributed by atoms with E-state index in [1.807, 2.05) is 38.1 Å². The van der Waals surface area contributed by atoms with E-state index in [-0.39, 0.29) is 0 Å². The molecule has 1 aromatic carbocycles. The van der Waals surface area contributed by atoms with Crippen molar-refractivity contribution < 1.29 is 0 Å². The van der Waals surface area contributed by atoms with Crippen LogP contribution in [-0.2, 0) is 6.54 Å². The van der Waals surface area contributed by atoms with Crippen molar-refractivity contribution in [3.05, 3.63) is 34.3 Å². The highest BCUT2D eigenvalue weighted by molar-refractivity contribution is 9.10. The highest BCUT2D eigenvalue weighted by atomic mass is 79.9. The predicted octanol–water partition coefficient (Wildman–Crippen LogP) is 2.74. The smallest absolute Gasteiger partial charge is 0.231 e. The molecule has 21 heavy (non-hydrogen) atoms. The van der Waals surface area contributed by atoms with Crippen LogP contribution in [0.2, 0.25) is 0 Å². The summed E-state index contributed by atoms with van der Waals surface area (Å²) in [7, 11) is 3.81. The van der Waals surface area contributed by atoms with Gasteiger partial charge in [0.2, 0.25) is 17.8 Å². The van der Waals surface area contributed by atoms with Gasteiger partial charge in [0.15, 0.2) is 0 Å². The van der Waals surface area contributed by atoms with Crippen molar-refractivity contribution in [3.63, 3.8) is 0 Å². The Kier molecular flexibility index (Phi) is 5.32. The Morgan fingerprint density at radius 2 is 1.62 bits per heavy atom. The van der Waals surface area contributed by atoms with Gasteiger partial charge in [-0.05, 0) is 24.6 Å². The zero-order valence-corrected chi connectivity index (χ0v) is 14.0. The normalized spacial score (nSPS) is 10.3. The van der Waals surface area contributed by atoms with Crippen LogP contribution in [0.15, 0.2) is 28.7 Å². The first-order chi connectivity index (χ1) is 10.1. The van der Waals surface area contributed by atoms with Gasteiger partial charge in [-0.2, -0.15) is 15.0 Å². The van der Waals surface area contributed by atoms with Crippen LogP contribution in [0.25, 0.3) is 0 Å². The average Bonchev–Trinajstić information content (AvgIpc) is 2.47. The van der Waals surface area contributed by atoms with Gasteiger partial charge in [0, 0.05) is 31.7 Å². The first-order valence-electron chi connectivity index (χ1n) is 6.74. The zero-order chi connectivity index (χ0) is 15.2. The quantitative estimate of drug-likeness (QED) is 0.834. The predicted molar refractivity (Wildman–Crippen MR) is 89.8 cm³/mol. The maximum atomic E-state index is 4.39. The van der Waals surface area contributed by atoms with Crippen molar-refractivity contribution in [3.8, 4) is 0 Å². The number of aromatic nitrogens is 3. The summed E-state index contributed by atoms with van der Waals surface area (Å²) in [4.78, 5) is 14.9. The Labute approximate surface area is 133 Å². The number of benzene rings is 1. The van der Waals surface area contributed by atoms with E-state index in [9.17, 15) is 0 Å². The van der Waals surface area contributed by atoms with Gasteiger partial charge in [-0.1, -0.05) is 28.1 Å². The fourth-order valence-electron chi connectivity index (χ4n) is 1.66. The maximum Gasteiger partial charge on any atom is 0.231 e. The molecule has 1 heterocycles. The van der Waals surface area contributed by atoms with E-state index >= 15 is 0 Å². The second-order valence-corrected chi connectivity index (χ2v) is 5.60. The van der Waals surface area contributed by atoms with Crippen molar-refractivity contribution in [1.29, 1.82) is 0 Å². The number of nitrogens with one attached hydrogen (secondary N) is 2. The van der Waals surface area contributed by atoms with Crippen molar-refractivity contribution in [1.82, 2.24) is 15.0 Å². The highest BCUT2D eigenvalue weighted by Gasteiger charge is 2.07. The summed E-state index contributed by atoms with van der Waals surface area (Å²) >= 11 is 3.43. The molecule has 0 fully saturated rings. The third kappa shape index (κ3) is 4.56. The molecule has 0 spiro atoms. The Morgan fingerprint density at radius 1 is 1.00 bits per heavy atom. The van der Waals surface area contributed by atoms with Crippen LogP contribution in [-0.4, -0.2) is 35.6 Å². The standard InChI is InChI=1S/C14H19BrN6/c1-4-16-12-18-13(20-14(19-12)21(2)3)17-9-10-5-7-11(15)8-6-10/h5-8H,4,9H2,1-3H3,(H2,16,17,18,19,20). The lowest BCUT2D eigenvalue weighted by Gasteiger charge is -2.13. The van der Waals surface area contributed by atoms with Crippen LogP contribution in [0.3, 0.4) is 0 Å². The summed E-state index contributed by atoms with van der Waals surface area (Å²) in [6.45, 7) is 3.44. The number of hydrogen-bond acceptors (Lipinski definition) is 6. The van der Waals surface area contributed by atoms with Crippen LogP contribution in [0.5, 0.6) is 0 Å². The molecule has 0 saturated heterocycles. The van der Waals surface area contributed by atoms with E-state index in [1.54, 1.807) is 0 Å². The minimum atomic E-state index is 0.563. The first kappa shape index (κ1) is 15.5. The molecular weight excluding hydrogens is 332 g/mol. The van der Waals surface area contributed by atoms with E-state index in [0.717, 1.165) is 16.6 Å². The molecule has 0 saturated carbocycles. The minimum absolute atomic E-state index is 0.563. The second-order valence-electron chi connectivity index (χ2n) is 4.69. The summed E-state index contributed by atoms with van der Waals surface area (Å²) in [5.74, 6) is 1.77. The summed E-state index contributed by atoms with van der Waals surface area (Å²) in [5, 5.41) is 6.34. The molecule has 0 amide bonds. The number of rotatable bonds is 6. The SMILES string of the molecule is CCNc1nc(NCc2ccc(Br)cc2)nc(N(C)C)n1. The number of hydrogen-bond donors (Lipinski definition) is 2. The van der Waals surface area contributed by atoms with Gasteiger partial charge in [0.25, 0.3) is 0 Å². The lowest BCUT2D eigenvalue weighted by Crippen LogP contribution is -2.17. The molecule has 1 aromatic heterocycles. The molecule has 7 heteroatoms. The van der Waals surface area contributed by atoms with Gasteiger partial charge in [-0.3, -0.25) is 0 Å². The van der Waals surface area contributed by atoms with Crippen molar-refractivity contribution in [2.45, 2.75) is 13.5 Å². The third-order valence-electron chi connectivity index (χ3n) is 2.72. The molecule has 6 nitrogen and oxygen atoms in total. The molecule has 112 valence electrons. The number of halogens is 1. The summed E-state index contributed by atoms with van der Waals surface area (Å²) < 4.78 is 1.07. The largest absolute Gasteiger partial charge is 0.354 e. The summed E-state index contributed by atoms with van der Waals surface area (Å²) in [6.07, 6.45) is 0. The van der Waals surface area contributed by atoms with Crippen LogP contribution in [0.1, 0.15) is 12.5 Å². The Bertz CT molecular complexity index is 585. The topological polar surface area (TPSA) is 66.0 Å². The van der Waals surface area contributed by atoms with E-state index in [0.29, 0.717) is 24.4 Å². The van der Waals surface area contributed by atoms with Gasteiger partial charge in [0.05, 0.1) is 0 Å². The monoisotopic (exact) mass is 350 g/mol. The molecular formula is C14H19BrN6. The van der Waals surface area contributed by atoms with Gasteiger partial charge in [-0.25, -0.2) is 0 Å². The Hall–Kier alpha value is -1.89. The van der Waals surface area contributed by atoms with E-state index in [2.05, 4.69) is 53.6 Å². The molecule has 2 aromatic rings. The molecule has 2 rings (SSSR count). The summed E-state index contributed by atoms with van der Waals surface area (Å²) in [5.41, 5.74) is 1.16.